The smallest absolute Gasteiger partial charge is 0.416 e. The third-order valence-corrected chi connectivity index (χ3v) is 8.97. The average molecular weight is 780 g/mol. The molecular formula is C44H40F3N3O7. The van der Waals surface area contributed by atoms with Gasteiger partial charge in [0.05, 0.1) is 23.2 Å². The molecule has 13 heteroatoms. The highest BCUT2D eigenvalue weighted by Crippen LogP contribution is 2.33. The number of rotatable bonds is 15. The Bertz CT molecular complexity index is 2190. The number of nitrogens with one attached hydrogen (secondary N) is 3. The van der Waals surface area contributed by atoms with Crippen LogP contribution in [0.4, 0.5) is 18.9 Å². The van der Waals surface area contributed by atoms with E-state index in [4.69, 9.17) is 9.47 Å². The number of carbonyl (C=O) groups excluding carboxylic acids is 5. The van der Waals surface area contributed by atoms with E-state index < -0.39 is 53.4 Å². The van der Waals surface area contributed by atoms with Crippen LogP contribution in [0.2, 0.25) is 0 Å². The molecule has 0 bridgehead atoms. The van der Waals surface area contributed by atoms with Crippen LogP contribution in [-0.2, 0) is 48.5 Å². The lowest BCUT2D eigenvalue weighted by atomic mass is 9.79. The van der Waals surface area contributed by atoms with Gasteiger partial charge in [-0.25, -0.2) is 4.79 Å². The van der Waals surface area contributed by atoms with Crippen molar-refractivity contribution in [2.24, 2.45) is 0 Å². The number of esters is 2. The van der Waals surface area contributed by atoms with Crippen LogP contribution in [0.15, 0.2) is 127 Å². The Morgan fingerprint density at radius 1 is 0.614 bits per heavy atom. The third-order valence-electron chi connectivity index (χ3n) is 8.97. The van der Waals surface area contributed by atoms with Crippen molar-refractivity contribution >= 4 is 35.3 Å². The van der Waals surface area contributed by atoms with Crippen molar-refractivity contribution in [3.8, 4) is 11.1 Å². The van der Waals surface area contributed by atoms with Gasteiger partial charge in [0.15, 0.2) is 5.41 Å². The quantitative estimate of drug-likeness (QED) is 0.0750. The summed E-state index contributed by atoms with van der Waals surface area (Å²) in [7, 11) is 0. The van der Waals surface area contributed by atoms with Crippen molar-refractivity contribution < 1.29 is 46.6 Å². The molecule has 5 aromatic rings. The zero-order valence-corrected chi connectivity index (χ0v) is 31.2. The molecule has 0 aliphatic carbocycles. The maximum absolute atomic E-state index is 13.8. The van der Waals surface area contributed by atoms with Gasteiger partial charge in [-0.2, -0.15) is 13.2 Å². The number of hydrogen-bond donors (Lipinski definition) is 3. The minimum absolute atomic E-state index is 0.0352. The maximum Gasteiger partial charge on any atom is 0.416 e. The summed E-state index contributed by atoms with van der Waals surface area (Å²) in [5.41, 5.74) is -0.668. The molecule has 0 saturated carbocycles. The minimum atomic E-state index is -4.53. The van der Waals surface area contributed by atoms with Gasteiger partial charge in [-0.3, -0.25) is 19.2 Å². The molecule has 0 spiro atoms. The fourth-order valence-electron chi connectivity index (χ4n) is 6.07. The minimum Gasteiger partial charge on any atom is -0.463 e. The topological polar surface area (TPSA) is 140 Å². The molecule has 57 heavy (non-hydrogen) atoms. The zero-order chi connectivity index (χ0) is 41.0. The van der Waals surface area contributed by atoms with Gasteiger partial charge in [-0.05, 0) is 72.0 Å². The number of ether oxygens (including phenoxy) is 2. The van der Waals surface area contributed by atoms with Crippen LogP contribution in [0, 0.1) is 0 Å². The SMILES string of the molecule is CCNC(=O)C(COC(=O)Cc1ccc(NC(=O)c2ccccc2-c2ccc(C(F)(F)F)cc2)c(C(=O)OCc2ccccc2)c1)(C(=O)NCC)c1ccccc1. The van der Waals surface area contributed by atoms with Crippen LogP contribution in [0.3, 0.4) is 0 Å². The Kier molecular flexibility index (Phi) is 13.6. The van der Waals surface area contributed by atoms with Crippen molar-refractivity contribution in [3.05, 3.63) is 161 Å². The van der Waals surface area contributed by atoms with Gasteiger partial charge >= 0.3 is 18.1 Å². The molecule has 0 radical (unpaired) electrons. The van der Waals surface area contributed by atoms with E-state index in [9.17, 15) is 37.1 Å². The summed E-state index contributed by atoms with van der Waals surface area (Å²) in [6.45, 7) is 3.11. The van der Waals surface area contributed by atoms with Gasteiger partial charge in [-0.15, -0.1) is 0 Å². The predicted molar refractivity (Wildman–Crippen MR) is 207 cm³/mol. The van der Waals surface area contributed by atoms with E-state index in [0.29, 0.717) is 22.3 Å². The Morgan fingerprint density at radius 2 is 1.21 bits per heavy atom. The second-order valence-electron chi connectivity index (χ2n) is 12.8. The first kappa shape index (κ1) is 41.4. The van der Waals surface area contributed by atoms with Crippen LogP contribution in [0.5, 0.6) is 0 Å². The average Bonchev–Trinajstić information content (AvgIpc) is 3.21. The number of amides is 3. The Balaban J connectivity index is 1.42. The van der Waals surface area contributed by atoms with E-state index in [1.807, 2.05) is 0 Å². The zero-order valence-electron chi connectivity index (χ0n) is 31.2. The van der Waals surface area contributed by atoms with Gasteiger partial charge in [0.25, 0.3) is 5.91 Å². The van der Waals surface area contributed by atoms with Gasteiger partial charge in [0.1, 0.15) is 13.2 Å². The lowest BCUT2D eigenvalue weighted by Gasteiger charge is -2.31. The standard InChI is InChI=1S/C44H40F3N3O7/c1-3-48-41(54)43(42(55)49-4-2,32-15-9-6-10-16-32)28-57-38(51)26-30-19-24-37(36(25-30)40(53)56-27-29-13-7-5-8-14-29)50-39(52)35-18-12-11-17-34(35)31-20-22-33(23-21-31)44(45,46)47/h5-25H,3-4,26-28H2,1-2H3,(H,48,54)(H,49,55)(H,50,52). The molecule has 10 nitrogen and oxygen atoms in total. The summed E-state index contributed by atoms with van der Waals surface area (Å²) in [4.78, 5) is 67.8. The van der Waals surface area contributed by atoms with E-state index in [0.717, 1.165) is 12.1 Å². The molecule has 0 aliphatic heterocycles. The highest BCUT2D eigenvalue weighted by molar-refractivity contribution is 6.12. The summed E-state index contributed by atoms with van der Waals surface area (Å²) >= 11 is 0. The molecule has 0 saturated heterocycles. The van der Waals surface area contributed by atoms with Gasteiger partial charge in [0.2, 0.25) is 11.8 Å². The number of alkyl halides is 3. The van der Waals surface area contributed by atoms with Crippen molar-refractivity contribution in [1.29, 1.82) is 0 Å². The monoisotopic (exact) mass is 779 g/mol. The number of halogens is 3. The normalized spacial score (nSPS) is 11.2. The molecule has 5 aromatic carbocycles. The van der Waals surface area contributed by atoms with Crippen molar-refractivity contribution in [1.82, 2.24) is 10.6 Å². The number of hydrogen-bond acceptors (Lipinski definition) is 7. The summed E-state index contributed by atoms with van der Waals surface area (Å²) in [6, 6.07) is 32.1. The number of anilines is 1. The lowest BCUT2D eigenvalue weighted by molar-refractivity contribution is -0.150. The van der Waals surface area contributed by atoms with Crippen LogP contribution < -0.4 is 16.0 Å². The highest BCUT2D eigenvalue weighted by atomic mass is 19.4. The predicted octanol–water partition coefficient (Wildman–Crippen LogP) is 7.28. The fourth-order valence-corrected chi connectivity index (χ4v) is 6.07. The van der Waals surface area contributed by atoms with E-state index in [1.54, 1.807) is 92.7 Å². The highest BCUT2D eigenvalue weighted by Gasteiger charge is 2.48. The van der Waals surface area contributed by atoms with Crippen LogP contribution in [0.1, 0.15) is 56.8 Å². The first-order valence-corrected chi connectivity index (χ1v) is 18.1. The molecule has 0 aliphatic rings. The van der Waals surface area contributed by atoms with Gasteiger partial charge in [0, 0.05) is 18.7 Å². The molecule has 0 atom stereocenters. The Labute approximate surface area is 327 Å². The van der Waals surface area contributed by atoms with Crippen LogP contribution in [0.25, 0.3) is 11.1 Å². The molecule has 0 fully saturated rings. The number of benzene rings is 5. The Morgan fingerprint density at radius 3 is 1.82 bits per heavy atom. The van der Waals surface area contributed by atoms with Crippen molar-refractivity contribution in [3.63, 3.8) is 0 Å². The summed E-state index contributed by atoms with van der Waals surface area (Å²) in [5, 5.41) is 8.07. The molecule has 5 rings (SSSR count). The molecule has 0 heterocycles. The van der Waals surface area contributed by atoms with E-state index in [-0.39, 0.29) is 48.5 Å². The molecule has 3 N–H and O–H groups in total. The first-order chi connectivity index (χ1) is 27.4. The molecule has 294 valence electrons. The van der Waals surface area contributed by atoms with Crippen LogP contribution in [-0.4, -0.2) is 49.4 Å². The summed E-state index contributed by atoms with van der Waals surface area (Å²) in [5.74, 6) is -3.61. The molecule has 0 aromatic heterocycles. The van der Waals surface area contributed by atoms with Crippen LogP contribution >= 0.6 is 0 Å². The largest absolute Gasteiger partial charge is 0.463 e. The van der Waals surface area contributed by atoms with E-state index >= 15 is 0 Å². The number of likely N-dealkylation sites (N-methyl/N-ethyl adjacent to an activating group) is 2. The van der Waals surface area contributed by atoms with E-state index in [1.165, 1.54) is 36.4 Å². The molecule has 3 amide bonds. The Hall–Kier alpha value is -6.76. The van der Waals surface area contributed by atoms with Gasteiger partial charge in [-0.1, -0.05) is 97.1 Å². The molecule has 0 unspecified atom stereocenters. The molecular weight excluding hydrogens is 739 g/mol. The third kappa shape index (κ3) is 10.1. The van der Waals surface area contributed by atoms with Gasteiger partial charge < -0.3 is 25.4 Å². The van der Waals surface area contributed by atoms with Crippen molar-refractivity contribution in [2.45, 2.75) is 38.5 Å². The first-order valence-electron chi connectivity index (χ1n) is 18.1. The second kappa shape index (κ2) is 18.7. The number of carbonyl (C=O) groups is 5. The fraction of sp³-hybridized carbons (Fsp3) is 0.205. The van der Waals surface area contributed by atoms with Crippen molar-refractivity contribution in [2.75, 3.05) is 25.0 Å². The lowest BCUT2D eigenvalue weighted by Crippen LogP contribution is -2.57. The van der Waals surface area contributed by atoms with E-state index in [2.05, 4.69) is 16.0 Å². The second-order valence-corrected chi connectivity index (χ2v) is 12.8. The maximum atomic E-state index is 13.8. The summed E-state index contributed by atoms with van der Waals surface area (Å²) < 4.78 is 50.9. The summed E-state index contributed by atoms with van der Waals surface area (Å²) in [6.07, 6.45) is -4.92.